The Labute approximate surface area is 140 Å². The van der Waals surface area contributed by atoms with E-state index in [4.69, 9.17) is 4.74 Å². The van der Waals surface area contributed by atoms with Crippen LogP contribution in [0.15, 0.2) is 29.1 Å². The van der Waals surface area contributed by atoms with Crippen molar-refractivity contribution in [2.75, 3.05) is 31.1 Å². The summed E-state index contributed by atoms with van der Waals surface area (Å²) in [5.41, 5.74) is -0.688. The number of nitrogens with zero attached hydrogens (tertiary/aromatic N) is 3. The van der Waals surface area contributed by atoms with Crippen molar-refractivity contribution < 1.29 is 9.53 Å². The maximum absolute atomic E-state index is 12.1. The number of hydrogen-bond acceptors (Lipinski definition) is 5. The Morgan fingerprint density at radius 2 is 1.75 bits per heavy atom. The number of benzene rings is 1. The van der Waals surface area contributed by atoms with Crippen molar-refractivity contribution in [3.63, 3.8) is 0 Å². The SMILES string of the molecule is CC(C)(C)OC(=O)N1CCN(c2n[nH]c(=O)c3ccccc23)CC1. The zero-order valence-electron chi connectivity index (χ0n) is 14.2. The van der Waals surface area contributed by atoms with E-state index >= 15 is 0 Å². The molecule has 1 aromatic carbocycles. The first-order valence-electron chi connectivity index (χ1n) is 8.05. The van der Waals surface area contributed by atoms with E-state index in [2.05, 4.69) is 15.1 Å². The third kappa shape index (κ3) is 3.34. The number of fused-ring (bicyclic) bond motifs is 1. The van der Waals surface area contributed by atoms with Gasteiger partial charge >= 0.3 is 6.09 Å². The van der Waals surface area contributed by atoms with E-state index in [0.29, 0.717) is 31.6 Å². The average Bonchev–Trinajstić information content (AvgIpc) is 2.54. The predicted octanol–water partition coefficient (Wildman–Crippen LogP) is 1.98. The van der Waals surface area contributed by atoms with E-state index in [0.717, 1.165) is 11.2 Å². The largest absolute Gasteiger partial charge is 0.444 e. The van der Waals surface area contributed by atoms with Crippen molar-refractivity contribution in [2.24, 2.45) is 0 Å². The van der Waals surface area contributed by atoms with Crippen molar-refractivity contribution >= 4 is 22.7 Å². The molecule has 1 aliphatic heterocycles. The number of amides is 1. The Balaban J connectivity index is 1.75. The number of aromatic nitrogens is 2. The molecular weight excluding hydrogens is 308 g/mol. The maximum atomic E-state index is 12.1. The molecule has 0 atom stereocenters. The van der Waals surface area contributed by atoms with Crippen molar-refractivity contribution in [1.29, 1.82) is 0 Å². The summed E-state index contributed by atoms with van der Waals surface area (Å²) in [6.45, 7) is 7.98. The highest BCUT2D eigenvalue weighted by molar-refractivity contribution is 5.91. The van der Waals surface area contributed by atoms with Crippen molar-refractivity contribution in [3.05, 3.63) is 34.6 Å². The number of piperazine rings is 1. The number of H-pyrrole nitrogens is 1. The lowest BCUT2D eigenvalue weighted by Crippen LogP contribution is -2.50. The molecule has 0 aliphatic carbocycles. The van der Waals surface area contributed by atoms with Gasteiger partial charge in [0.2, 0.25) is 0 Å². The molecule has 7 heteroatoms. The molecule has 24 heavy (non-hydrogen) atoms. The summed E-state index contributed by atoms with van der Waals surface area (Å²) >= 11 is 0. The molecule has 0 radical (unpaired) electrons. The average molecular weight is 330 g/mol. The molecule has 1 amide bonds. The molecule has 1 aliphatic rings. The second-order valence-electron chi connectivity index (χ2n) is 6.88. The molecular formula is C17H22N4O3. The quantitative estimate of drug-likeness (QED) is 0.865. The van der Waals surface area contributed by atoms with Crippen LogP contribution in [0.1, 0.15) is 20.8 Å². The number of rotatable bonds is 1. The second-order valence-corrected chi connectivity index (χ2v) is 6.88. The van der Waals surface area contributed by atoms with Crippen LogP contribution in [0.5, 0.6) is 0 Å². The molecule has 1 N–H and O–H groups in total. The number of carbonyl (C=O) groups excluding carboxylic acids is 1. The number of ether oxygens (including phenoxy) is 1. The van der Waals surface area contributed by atoms with Crippen LogP contribution in [-0.4, -0.2) is 53.0 Å². The molecule has 1 aromatic heterocycles. The van der Waals surface area contributed by atoms with Crippen LogP contribution < -0.4 is 10.5 Å². The molecule has 2 aromatic rings. The summed E-state index contributed by atoms with van der Waals surface area (Å²) in [5.74, 6) is 0.744. The summed E-state index contributed by atoms with van der Waals surface area (Å²) in [7, 11) is 0. The van der Waals surface area contributed by atoms with Gasteiger partial charge in [-0.2, -0.15) is 5.10 Å². The Morgan fingerprint density at radius 1 is 1.12 bits per heavy atom. The molecule has 7 nitrogen and oxygen atoms in total. The molecule has 0 unspecified atom stereocenters. The molecule has 0 spiro atoms. The van der Waals surface area contributed by atoms with E-state index in [9.17, 15) is 9.59 Å². The van der Waals surface area contributed by atoms with Crippen LogP contribution in [0.4, 0.5) is 10.6 Å². The maximum Gasteiger partial charge on any atom is 0.410 e. The van der Waals surface area contributed by atoms with E-state index in [1.54, 1.807) is 11.0 Å². The van der Waals surface area contributed by atoms with E-state index in [1.807, 2.05) is 39.0 Å². The van der Waals surface area contributed by atoms with Gasteiger partial charge in [0.15, 0.2) is 5.82 Å². The van der Waals surface area contributed by atoms with Gasteiger partial charge in [-0.1, -0.05) is 18.2 Å². The summed E-state index contributed by atoms with van der Waals surface area (Å²) in [5, 5.41) is 8.21. The number of carbonyl (C=O) groups is 1. The van der Waals surface area contributed by atoms with Gasteiger partial charge in [0.05, 0.1) is 5.39 Å². The molecule has 128 valence electrons. The molecule has 1 saturated heterocycles. The highest BCUT2D eigenvalue weighted by atomic mass is 16.6. The van der Waals surface area contributed by atoms with Crippen LogP contribution in [0.25, 0.3) is 10.8 Å². The smallest absolute Gasteiger partial charge is 0.410 e. The topological polar surface area (TPSA) is 78.5 Å². The number of hydrogen-bond donors (Lipinski definition) is 1. The van der Waals surface area contributed by atoms with Crippen molar-refractivity contribution in [3.8, 4) is 0 Å². The van der Waals surface area contributed by atoms with Gasteiger partial charge in [0.25, 0.3) is 5.56 Å². The molecule has 0 bridgehead atoms. The monoisotopic (exact) mass is 330 g/mol. The highest BCUT2D eigenvalue weighted by Crippen LogP contribution is 2.22. The fraction of sp³-hybridized carbons (Fsp3) is 0.471. The van der Waals surface area contributed by atoms with Crippen LogP contribution >= 0.6 is 0 Å². The van der Waals surface area contributed by atoms with Crippen molar-refractivity contribution in [1.82, 2.24) is 15.1 Å². The normalized spacial score (nSPS) is 15.6. The predicted molar refractivity (Wildman–Crippen MR) is 92.4 cm³/mol. The summed E-state index contributed by atoms with van der Waals surface area (Å²) < 4.78 is 5.41. The molecule has 2 heterocycles. The third-order valence-corrected chi connectivity index (χ3v) is 3.91. The zero-order valence-corrected chi connectivity index (χ0v) is 14.2. The first-order chi connectivity index (χ1) is 11.3. The van der Waals surface area contributed by atoms with Crippen LogP contribution in [0.3, 0.4) is 0 Å². The fourth-order valence-electron chi connectivity index (χ4n) is 2.77. The minimum absolute atomic E-state index is 0.193. The fourth-order valence-corrected chi connectivity index (χ4v) is 2.77. The lowest BCUT2D eigenvalue weighted by Gasteiger charge is -2.36. The Morgan fingerprint density at radius 3 is 2.38 bits per heavy atom. The first-order valence-corrected chi connectivity index (χ1v) is 8.05. The van der Waals surface area contributed by atoms with Crippen molar-refractivity contribution in [2.45, 2.75) is 26.4 Å². The molecule has 3 rings (SSSR count). The zero-order chi connectivity index (χ0) is 17.3. The number of aromatic amines is 1. The Kier molecular flexibility index (Phi) is 4.17. The summed E-state index contributed by atoms with van der Waals surface area (Å²) in [6.07, 6.45) is -0.290. The molecule has 1 fully saturated rings. The minimum atomic E-state index is -0.495. The third-order valence-electron chi connectivity index (χ3n) is 3.91. The van der Waals surface area contributed by atoms with Gasteiger partial charge < -0.3 is 14.5 Å². The van der Waals surface area contributed by atoms with Gasteiger partial charge in [-0.3, -0.25) is 4.79 Å². The highest BCUT2D eigenvalue weighted by Gasteiger charge is 2.27. The van der Waals surface area contributed by atoms with Gasteiger partial charge in [-0.05, 0) is 26.8 Å². The van der Waals surface area contributed by atoms with Crippen LogP contribution in [0.2, 0.25) is 0 Å². The Bertz CT molecular complexity index is 801. The minimum Gasteiger partial charge on any atom is -0.444 e. The Hall–Kier alpha value is -2.57. The van der Waals surface area contributed by atoms with Gasteiger partial charge in [-0.15, -0.1) is 0 Å². The van der Waals surface area contributed by atoms with Gasteiger partial charge in [0, 0.05) is 31.6 Å². The summed E-state index contributed by atoms with van der Waals surface area (Å²) in [4.78, 5) is 27.8. The lowest BCUT2D eigenvalue weighted by molar-refractivity contribution is 0.0240. The molecule has 0 saturated carbocycles. The number of anilines is 1. The second kappa shape index (κ2) is 6.14. The van der Waals surface area contributed by atoms with E-state index < -0.39 is 5.60 Å². The van der Waals surface area contributed by atoms with Crippen LogP contribution in [-0.2, 0) is 4.74 Å². The summed E-state index contributed by atoms with van der Waals surface area (Å²) in [6, 6.07) is 7.41. The van der Waals surface area contributed by atoms with Gasteiger partial charge in [-0.25, -0.2) is 9.89 Å². The number of nitrogens with one attached hydrogen (secondary N) is 1. The van der Waals surface area contributed by atoms with Crippen LogP contribution in [0, 0.1) is 0 Å². The first kappa shape index (κ1) is 16.3. The van der Waals surface area contributed by atoms with E-state index in [-0.39, 0.29) is 11.7 Å². The van der Waals surface area contributed by atoms with Gasteiger partial charge in [0.1, 0.15) is 5.60 Å². The standard InChI is InChI=1S/C17H22N4O3/c1-17(2,3)24-16(23)21-10-8-20(9-11-21)14-12-6-4-5-7-13(12)15(22)19-18-14/h4-7H,8-11H2,1-3H3,(H,19,22). The van der Waals surface area contributed by atoms with E-state index in [1.165, 1.54) is 0 Å². The lowest BCUT2D eigenvalue weighted by atomic mass is 10.1.